The topological polar surface area (TPSA) is 113 Å². The molecule has 1 unspecified atom stereocenters. The van der Waals surface area contributed by atoms with Crippen LogP contribution in [0.15, 0.2) is 22.8 Å². The van der Waals surface area contributed by atoms with E-state index in [4.69, 9.17) is 9.15 Å². The number of nitrogens with one attached hydrogen (secondary N) is 2. The molecule has 1 aliphatic heterocycles. The highest BCUT2D eigenvalue weighted by atomic mass is 16.6. The lowest BCUT2D eigenvalue weighted by atomic mass is 10.1. The molecule has 3 heterocycles. The van der Waals surface area contributed by atoms with Crippen LogP contribution < -0.4 is 5.32 Å². The van der Waals surface area contributed by atoms with E-state index in [9.17, 15) is 9.59 Å². The number of amides is 2. The van der Waals surface area contributed by atoms with Crippen LogP contribution in [-0.4, -0.2) is 50.8 Å². The Balaban J connectivity index is 1.48. The Morgan fingerprint density at radius 3 is 2.96 bits per heavy atom. The average molecular weight is 361 g/mol. The standard InChI is InChI=1S/C17H23N5O4/c1-17(2,3)26-16(24)22-7-6-11(10-22)15(23)18-9-13-19-14(21-20-13)12-5-4-8-25-12/h4-5,8,11H,6-7,9-10H2,1-3H3,(H,18,23)(H,19,20,21). The Morgan fingerprint density at radius 2 is 2.27 bits per heavy atom. The van der Waals surface area contributed by atoms with Crippen molar-refractivity contribution >= 4 is 12.0 Å². The van der Waals surface area contributed by atoms with Crippen molar-refractivity contribution in [1.82, 2.24) is 25.4 Å². The fourth-order valence-corrected chi connectivity index (χ4v) is 2.67. The minimum atomic E-state index is -0.546. The predicted octanol–water partition coefficient (Wildman–Crippen LogP) is 1.94. The number of ether oxygens (including phenoxy) is 1. The van der Waals surface area contributed by atoms with E-state index in [1.807, 2.05) is 20.8 Å². The largest absolute Gasteiger partial charge is 0.461 e. The molecule has 3 rings (SSSR count). The molecule has 0 saturated carbocycles. The summed E-state index contributed by atoms with van der Waals surface area (Å²) in [7, 11) is 0. The maximum Gasteiger partial charge on any atom is 0.410 e. The van der Waals surface area contributed by atoms with E-state index in [-0.39, 0.29) is 24.5 Å². The predicted molar refractivity (Wildman–Crippen MR) is 91.8 cm³/mol. The van der Waals surface area contributed by atoms with Gasteiger partial charge in [0.05, 0.1) is 18.7 Å². The normalized spacial score (nSPS) is 17.3. The Labute approximate surface area is 151 Å². The van der Waals surface area contributed by atoms with Crippen LogP contribution in [0.4, 0.5) is 4.79 Å². The fourth-order valence-electron chi connectivity index (χ4n) is 2.67. The molecule has 26 heavy (non-hydrogen) atoms. The van der Waals surface area contributed by atoms with Crippen molar-refractivity contribution in [3.8, 4) is 11.6 Å². The van der Waals surface area contributed by atoms with E-state index in [1.165, 1.54) is 0 Å². The van der Waals surface area contributed by atoms with E-state index in [0.29, 0.717) is 36.9 Å². The molecule has 0 aliphatic carbocycles. The van der Waals surface area contributed by atoms with Gasteiger partial charge in [0.15, 0.2) is 5.76 Å². The third-order valence-corrected chi connectivity index (χ3v) is 3.91. The summed E-state index contributed by atoms with van der Waals surface area (Å²) in [5.41, 5.74) is -0.546. The van der Waals surface area contributed by atoms with Crippen molar-refractivity contribution in [2.24, 2.45) is 5.92 Å². The summed E-state index contributed by atoms with van der Waals surface area (Å²) in [4.78, 5) is 30.2. The highest BCUT2D eigenvalue weighted by Crippen LogP contribution is 2.20. The number of rotatable bonds is 4. The Hall–Kier alpha value is -2.84. The summed E-state index contributed by atoms with van der Waals surface area (Å²) in [5.74, 6) is 1.16. The molecule has 1 aliphatic rings. The number of furan rings is 1. The molecule has 0 aromatic carbocycles. The van der Waals surface area contributed by atoms with Gasteiger partial charge in [0.1, 0.15) is 11.4 Å². The number of carbonyl (C=O) groups is 2. The number of H-pyrrole nitrogens is 1. The average Bonchev–Trinajstić information content (AvgIpc) is 3.31. The molecule has 2 amide bonds. The van der Waals surface area contributed by atoms with Crippen molar-refractivity contribution in [3.05, 3.63) is 24.2 Å². The Morgan fingerprint density at radius 1 is 1.46 bits per heavy atom. The minimum absolute atomic E-state index is 0.119. The summed E-state index contributed by atoms with van der Waals surface area (Å²) in [5, 5.41) is 9.65. The van der Waals surface area contributed by atoms with E-state index in [0.717, 1.165) is 0 Å². The lowest BCUT2D eigenvalue weighted by molar-refractivity contribution is -0.124. The maximum atomic E-state index is 12.3. The SMILES string of the molecule is CC(C)(C)OC(=O)N1CCC(C(=O)NCc2nc(-c3ccco3)n[nH]2)C1. The van der Waals surface area contributed by atoms with Gasteiger partial charge < -0.3 is 19.4 Å². The van der Waals surface area contributed by atoms with Gasteiger partial charge >= 0.3 is 6.09 Å². The molecule has 1 saturated heterocycles. The number of hydrogen-bond acceptors (Lipinski definition) is 6. The summed E-state index contributed by atoms with van der Waals surface area (Å²) in [6.45, 7) is 6.56. The molecule has 2 aromatic heterocycles. The van der Waals surface area contributed by atoms with Crippen molar-refractivity contribution < 1.29 is 18.7 Å². The number of hydrogen-bond donors (Lipinski definition) is 2. The third kappa shape index (κ3) is 4.41. The number of aromatic nitrogens is 3. The molecular weight excluding hydrogens is 338 g/mol. The van der Waals surface area contributed by atoms with Gasteiger partial charge in [-0.05, 0) is 39.3 Å². The van der Waals surface area contributed by atoms with Gasteiger partial charge in [0.25, 0.3) is 0 Å². The van der Waals surface area contributed by atoms with Gasteiger partial charge in [-0.1, -0.05) is 0 Å². The second-order valence-corrected chi connectivity index (χ2v) is 7.21. The summed E-state index contributed by atoms with van der Waals surface area (Å²) >= 11 is 0. The van der Waals surface area contributed by atoms with Crippen LogP contribution in [0.1, 0.15) is 33.0 Å². The van der Waals surface area contributed by atoms with Crippen molar-refractivity contribution in [2.45, 2.75) is 39.3 Å². The second-order valence-electron chi connectivity index (χ2n) is 7.21. The quantitative estimate of drug-likeness (QED) is 0.860. The van der Waals surface area contributed by atoms with Gasteiger partial charge in [-0.25, -0.2) is 9.78 Å². The lowest BCUT2D eigenvalue weighted by Gasteiger charge is -2.24. The smallest absolute Gasteiger partial charge is 0.410 e. The first kappa shape index (κ1) is 18.0. The summed E-state index contributed by atoms with van der Waals surface area (Å²) in [6, 6.07) is 3.51. The first-order chi connectivity index (χ1) is 12.3. The molecule has 0 radical (unpaired) electrons. The van der Waals surface area contributed by atoms with Crippen LogP contribution in [0.25, 0.3) is 11.6 Å². The number of carbonyl (C=O) groups excluding carboxylic acids is 2. The van der Waals surface area contributed by atoms with Gasteiger partial charge in [-0.3, -0.25) is 9.89 Å². The van der Waals surface area contributed by atoms with E-state index in [2.05, 4.69) is 20.5 Å². The zero-order valence-electron chi connectivity index (χ0n) is 15.1. The highest BCUT2D eigenvalue weighted by molar-refractivity contribution is 5.80. The van der Waals surface area contributed by atoms with Crippen LogP contribution in [0.5, 0.6) is 0 Å². The Bertz CT molecular complexity index is 762. The maximum absolute atomic E-state index is 12.3. The van der Waals surface area contributed by atoms with Crippen molar-refractivity contribution in [2.75, 3.05) is 13.1 Å². The molecule has 2 aromatic rings. The summed E-state index contributed by atoms with van der Waals surface area (Å²) in [6.07, 6.45) is 1.77. The van der Waals surface area contributed by atoms with E-state index < -0.39 is 5.60 Å². The number of nitrogens with zero attached hydrogens (tertiary/aromatic N) is 3. The third-order valence-electron chi connectivity index (χ3n) is 3.91. The highest BCUT2D eigenvalue weighted by Gasteiger charge is 2.33. The van der Waals surface area contributed by atoms with Crippen LogP contribution >= 0.6 is 0 Å². The molecule has 1 fully saturated rings. The summed E-state index contributed by atoms with van der Waals surface area (Å²) < 4.78 is 10.6. The molecule has 9 heteroatoms. The first-order valence-corrected chi connectivity index (χ1v) is 8.52. The van der Waals surface area contributed by atoms with Crippen molar-refractivity contribution in [1.29, 1.82) is 0 Å². The minimum Gasteiger partial charge on any atom is -0.461 e. The molecule has 0 spiro atoms. The van der Waals surface area contributed by atoms with Crippen LogP contribution in [0, 0.1) is 5.92 Å². The van der Waals surface area contributed by atoms with Gasteiger partial charge in [0, 0.05) is 13.1 Å². The monoisotopic (exact) mass is 361 g/mol. The zero-order valence-corrected chi connectivity index (χ0v) is 15.1. The lowest BCUT2D eigenvalue weighted by Crippen LogP contribution is -2.37. The first-order valence-electron chi connectivity index (χ1n) is 8.52. The van der Waals surface area contributed by atoms with Crippen LogP contribution in [-0.2, 0) is 16.1 Å². The molecule has 9 nitrogen and oxygen atoms in total. The van der Waals surface area contributed by atoms with Gasteiger partial charge in [0.2, 0.25) is 11.7 Å². The van der Waals surface area contributed by atoms with Crippen molar-refractivity contribution in [3.63, 3.8) is 0 Å². The molecule has 1 atom stereocenters. The molecular formula is C17H23N5O4. The number of likely N-dealkylation sites (tertiary alicyclic amines) is 1. The fraction of sp³-hybridized carbons (Fsp3) is 0.529. The van der Waals surface area contributed by atoms with E-state index in [1.54, 1.807) is 23.3 Å². The Kier molecular flexibility index (Phi) is 4.97. The van der Waals surface area contributed by atoms with Crippen LogP contribution in [0.3, 0.4) is 0 Å². The van der Waals surface area contributed by atoms with E-state index >= 15 is 0 Å². The molecule has 140 valence electrons. The number of aromatic amines is 1. The molecule has 0 bridgehead atoms. The second kappa shape index (κ2) is 7.19. The van der Waals surface area contributed by atoms with Gasteiger partial charge in [-0.15, -0.1) is 5.10 Å². The van der Waals surface area contributed by atoms with Gasteiger partial charge in [-0.2, -0.15) is 0 Å². The van der Waals surface area contributed by atoms with Crippen LogP contribution in [0.2, 0.25) is 0 Å². The zero-order chi connectivity index (χ0) is 18.7. The molecule has 2 N–H and O–H groups in total.